The molecule has 0 saturated carbocycles. The number of piperidine rings is 1. The molecule has 0 unspecified atom stereocenters. The van der Waals surface area contributed by atoms with E-state index >= 15 is 0 Å². The Morgan fingerprint density at radius 2 is 1.81 bits per heavy atom. The molecule has 2 saturated heterocycles. The summed E-state index contributed by atoms with van der Waals surface area (Å²) in [5, 5.41) is 7.28. The minimum Gasteiger partial charge on any atom is -0.338 e. The fourth-order valence-corrected chi connectivity index (χ4v) is 3.15. The lowest BCUT2D eigenvalue weighted by Crippen LogP contribution is -2.48. The Morgan fingerprint density at radius 3 is 2.43 bits per heavy atom. The molecule has 6 nitrogen and oxygen atoms in total. The third-order valence-corrected chi connectivity index (χ3v) is 4.37. The molecule has 0 amide bonds. The van der Waals surface area contributed by atoms with Gasteiger partial charge in [0.05, 0.1) is 6.54 Å². The number of rotatable bonds is 4. The maximum Gasteiger partial charge on any atom is 0.240 e. The molecule has 3 rings (SSSR count). The predicted molar refractivity (Wildman–Crippen MR) is 83.6 cm³/mol. The van der Waals surface area contributed by atoms with Gasteiger partial charge in [-0.15, -0.1) is 12.4 Å². The molecular formula is C14H26ClN5O. The molecule has 2 fully saturated rings. The second-order valence-electron chi connectivity index (χ2n) is 6.01. The Labute approximate surface area is 132 Å². The highest BCUT2D eigenvalue weighted by Gasteiger charge is 2.22. The van der Waals surface area contributed by atoms with Gasteiger partial charge in [-0.2, -0.15) is 4.98 Å². The maximum atomic E-state index is 5.19. The number of halogens is 1. The van der Waals surface area contributed by atoms with Crippen LogP contribution in [-0.2, 0) is 6.54 Å². The van der Waals surface area contributed by atoms with Gasteiger partial charge in [0.2, 0.25) is 5.89 Å². The van der Waals surface area contributed by atoms with E-state index in [4.69, 9.17) is 4.52 Å². The Hall–Kier alpha value is -0.690. The highest BCUT2D eigenvalue weighted by Crippen LogP contribution is 2.15. The van der Waals surface area contributed by atoms with Crippen LogP contribution in [0.2, 0.25) is 0 Å². The van der Waals surface area contributed by atoms with Crippen LogP contribution in [0.15, 0.2) is 4.52 Å². The summed E-state index contributed by atoms with van der Waals surface area (Å²) in [6, 6.07) is 0. The molecule has 2 aliphatic rings. The summed E-state index contributed by atoms with van der Waals surface area (Å²) in [6.45, 7) is 10.9. The Balaban J connectivity index is 0.00000161. The molecule has 1 aromatic heterocycles. The van der Waals surface area contributed by atoms with Crippen molar-refractivity contribution in [3.05, 3.63) is 11.7 Å². The highest BCUT2D eigenvalue weighted by molar-refractivity contribution is 5.85. The van der Waals surface area contributed by atoms with Gasteiger partial charge in [-0.25, -0.2) is 0 Å². The molecule has 0 atom stereocenters. The van der Waals surface area contributed by atoms with E-state index in [9.17, 15) is 0 Å². The molecule has 3 heterocycles. The quantitative estimate of drug-likeness (QED) is 0.891. The molecule has 0 bridgehead atoms. The summed E-state index contributed by atoms with van der Waals surface area (Å²) in [4.78, 5) is 9.30. The van der Waals surface area contributed by atoms with E-state index in [0.29, 0.717) is 0 Å². The number of hydrogen-bond donors (Lipinski definition) is 1. The van der Waals surface area contributed by atoms with Crippen molar-refractivity contribution in [1.29, 1.82) is 0 Å². The first-order chi connectivity index (χ1) is 9.79. The van der Waals surface area contributed by atoms with Gasteiger partial charge >= 0.3 is 0 Å². The van der Waals surface area contributed by atoms with E-state index in [1.807, 2.05) is 6.92 Å². The van der Waals surface area contributed by atoms with Gasteiger partial charge in [0.15, 0.2) is 5.82 Å². The normalized spacial score (nSPS) is 22.1. The summed E-state index contributed by atoms with van der Waals surface area (Å²) >= 11 is 0. The van der Waals surface area contributed by atoms with Crippen molar-refractivity contribution in [2.75, 3.05) is 45.8 Å². The zero-order chi connectivity index (χ0) is 13.8. The number of nitrogens with zero attached hydrogens (tertiary/aromatic N) is 4. The highest BCUT2D eigenvalue weighted by atomic mass is 35.5. The molecule has 0 spiro atoms. The topological polar surface area (TPSA) is 57.4 Å². The molecule has 120 valence electrons. The number of hydrogen-bond acceptors (Lipinski definition) is 6. The zero-order valence-corrected chi connectivity index (χ0v) is 13.6. The summed E-state index contributed by atoms with van der Waals surface area (Å²) < 4.78 is 5.19. The van der Waals surface area contributed by atoms with Crippen molar-refractivity contribution in [1.82, 2.24) is 25.3 Å². The van der Waals surface area contributed by atoms with Crippen LogP contribution in [0.5, 0.6) is 0 Å². The van der Waals surface area contributed by atoms with Crippen LogP contribution in [0, 0.1) is 12.8 Å². The lowest BCUT2D eigenvalue weighted by Gasteiger charge is -2.36. The number of nitrogens with one attached hydrogen (secondary N) is 1. The fourth-order valence-electron chi connectivity index (χ4n) is 3.15. The van der Waals surface area contributed by atoms with E-state index in [-0.39, 0.29) is 12.4 Å². The van der Waals surface area contributed by atoms with Gasteiger partial charge in [0, 0.05) is 32.7 Å². The van der Waals surface area contributed by atoms with E-state index in [0.717, 1.165) is 50.4 Å². The maximum absolute atomic E-state index is 5.19. The van der Waals surface area contributed by atoms with Crippen molar-refractivity contribution in [3.63, 3.8) is 0 Å². The van der Waals surface area contributed by atoms with E-state index in [1.165, 1.54) is 32.5 Å². The monoisotopic (exact) mass is 315 g/mol. The molecule has 1 aromatic rings. The molecular weight excluding hydrogens is 290 g/mol. The third kappa shape index (κ3) is 4.92. The van der Waals surface area contributed by atoms with Crippen LogP contribution in [-0.4, -0.2) is 65.8 Å². The van der Waals surface area contributed by atoms with E-state index < -0.39 is 0 Å². The van der Waals surface area contributed by atoms with Crippen LogP contribution >= 0.6 is 12.4 Å². The molecule has 0 radical (unpaired) electrons. The largest absolute Gasteiger partial charge is 0.338 e. The van der Waals surface area contributed by atoms with E-state index in [2.05, 4.69) is 25.3 Å². The number of aryl methyl sites for hydroxylation is 1. The smallest absolute Gasteiger partial charge is 0.240 e. The number of piperazine rings is 1. The first kappa shape index (κ1) is 16.7. The predicted octanol–water partition coefficient (Wildman–Crippen LogP) is 0.917. The SMILES string of the molecule is Cc1noc(CN2CCN(CC3CCNCC3)CC2)n1.Cl. The van der Waals surface area contributed by atoms with Crippen molar-refractivity contribution in [3.8, 4) is 0 Å². The van der Waals surface area contributed by atoms with Crippen molar-refractivity contribution in [2.24, 2.45) is 5.92 Å². The first-order valence-corrected chi connectivity index (χ1v) is 7.74. The molecule has 0 aromatic carbocycles. The van der Waals surface area contributed by atoms with Gasteiger partial charge in [-0.05, 0) is 38.8 Å². The summed E-state index contributed by atoms with van der Waals surface area (Å²) in [7, 11) is 0. The Kier molecular flexibility index (Phi) is 6.41. The van der Waals surface area contributed by atoms with Crippen LogP contribution in [0.1, 0.15) is 24.6 Å². The Bertz CT molecular complexity index is 413. The fraction of sp³-hybridized carbons (Fsp3) is 0.857. The van der Waals surface area contributed by atoms with Crippen LogP contribution < -0.4 is 5.32 Å². The first-order valence-electron chi connectivity index (χ1n) is 7.74. The number of aromatic nitrogens is 2. The van der Waals surface area contributed by atoms with Crippen molar-refractivity contribution >= 4 is 12.4 Å². The third-order valence-electron chi connectivity index (χ3n) is 4.37. The average molecular weight is 316 g/mol. The summed E-state index contributed by atoms with van der Waals surface area (Å²) in [5.41, 5.74) is 0. The minimum absolute atomic E-state index is 0. The molecule has 2 aliphatic heterocycles. The molecule has 7 heteroatoms. The molecule has 1 N–H and O–H groups in total. The average Bonchev–Trinajstić information content (AvgIpc) is 2.88. The van der Waals surface area contributed by atoms with Gasteiger partial charge in [0.25, 0.3) is 0 Å². The van der Waals surface area contributed by atoms with Gasteiger partial charge in [-0.1, -0.05) is 5.16 Å². The van der Waals surface area contributed by atoms with Crippen molar-refractivity contribution < 1.29 is 4.52 Å². The molecule has 21 heavy (non-hydrogen) atoms. The van der Waals surface area contributed by atoms with Crippen LogP contribution in [0.25, 0.3) is 0 Å². The second-order valence-corrected chi connectivity index (χ2v) is 6.01. The minimum atomic E-state index is 0. The van der Waals surface area contributed by atoms with E-state index in [1.54, 1.807) is 0 Å². The van der Waals surface area contributed by atoms with Crippen molar-refractivity contribution in [2.45, 2.75) is 26.3 Å². The van der Waals surface area contributed by atoms with Gasteiger partial charge in [-0.3, -0.25) is 4.90 Å². The summed E-state index contributed by atoms with van der Waals surface area (Å²) in [5.74, 6) is 2.36. The standard InChI is InChI=1S/C14H25N5O.ClH/c1-12-16-14(20-17-12)11-19-8-6-18(7-9-19)10-13-2-4-15-5-3-13;/h13,15H,2-11H2,1H3;1H. The Morgan fingerprint density at radius 1 is 1.14 bits per heavy atom. The van der Waals surface area contributed by atoms with Crippen LogP contribution in [0.4, 0.5) is 0 Å². The second kappa shape index (κ2) is 8.08. The van der Waals surface area contributed by atoms with Gasteiger partial charge in [0.1, 0.15) is 0 Å². The van der Waals surface area contributed by atoms with Gasteiger partial charge < -0.3 is 14.7 Å². The zero-order valence-electron chi connectivity index (χ0n) is 12.8. The lowest BCUT2D eigenvalue weighted by molar-refractivity contribution is 0.0990. The molecule has 0 aliphatic carbocycles. The summed E-state index contributed by atoms with van der Waals surface area (Å²) in [6.07, 6.45) is 2.67. The lowest BCUT2D eigenvalue weighted by atomic mass is 9.97. The van der Waals surface area contributed by atoms with Crippen LogP contribution in [0.3, 0.4) is 0 Å².